The van der Waals surface area contributed by atoms with Crippen molar-refractivity contribution in [3.05, 3.63) is 102 Å². The van der Waals surface area contributed by atoms with Gasteiger partial charge in [-0.25, -0.2) is 4.39 Å². The summed E-state index contributed by atoms with van der Waals surface area (Å²) in [6, 6.07) is 18.8. The van der Waals surface area contributed by atoms with Gasteiger partial charge in [-0.15, -0.1) is 0 Å². The van der Waals surface area contributed by atoms with E-state index in [1.807, 2.05) is 49.3 Å². The van der Waals surface area contributed by atoms with Gasteiger partial charge in [0.05, 0.1) is 11.3 Å². The van der Waals surface area contributed by atoms with E-state index in [0.717, 1.165) is 12.1 Å². The van der Waals surface area contributed by atoms with E-state index in [2.05, 4.69) is 11.4 Å². The van der Waals surface area contributed by atoms with Crippen LogP contribution in [-0.4, -0.2) is 55.1 Å². The normalized spacial score (nSPS) is 16.6. The predicted octanol–water partition coefficient (Wildman–Crippen LogP) is 4.81. The minimum absolute atomic E-state index is 0.0224. The standard InChI is InChI=1S/C33H33FN4O4/c1-36(2)26-18-16-25(17-19-26)35-32(41)30(23-8-4-3-5-9-23)38(20-22-12-14-24(34)15-13-22)29(39)21-37-28-11-7-6-10-27(28)31(40)33(37)42/h3-4,6-7,10-19,23,30H,5,8-9,20-21H2,1-2H3,(H,35,41)/t23-,30-/m0/s1. The third kappa shape index (κ3) is 6.10. The van der Waals surface area contributed by atoms with E-state index in [-0.39, 0.29) is 23.9 Å². The van der Waals surface area contributed by atoms with Crippen LogP contribution in [0.4, 0.5) is 21.5 Å². The highest BCUT2D eigenvalue weighted by Gasteiger charge is 2.41. The van der Waals surface area contributed by atoms with Crippen LogP contribution in [0.5, 0.6) is 0 Å². The quantitative estimate of drug-likeness (QED) is 0.296. The van der Waals surface area contributed by atoms with Crippen molar-refractivity contribution in [1.29, 1.82) is 0 Å². The maximum atomic E-state index is 14.1. The number of nitrogens with one attached hydrogen (secondary N) is 1. The lowest BCUT2D eigenvalue weighted by Gasteiger charge is -2.37. The van der Waals surface area contributed by atoms with Crippen LogP contribution in [0.3, 0.4) is 0 Å². The molecule has 216 valence electrons. The van der Waals surface area contributed by atoms with E-state index >= 15 is 0 Å². The van der Waals surface area contributed by atoms with E-state index in [1.54, 1.807) is 36.4 Å². The van der Waals surface area contributed by atoms with Crippen LogP contribution < -0.4 is 15.1 Å². The first-order chi connectivity index (χ1) is 20.2. The molecule has 0 spiro atoms. The van der Waals surface area contributed by atoms with Crippen LogP contribution in [0.15, 0.2) is 84.9 Å². The Labute approximate surface area is 244 Å². The number of carbonyl (C=O) groups excluding carboxylic acids is 4. The number of nitrogens with zero attached hydrogens (tertiary/aromatic N) is 3. The van der Waals surface area contributed by atoms with E-state index in [1.165, 1.54) is 21.9 Å². The minimum Gasteiger partial charge on any atom is -0.378 e. The number of Topliss-reactive ketones (excluding diaryl/α,β-unsaturated/α-hetero) is 1. The zero-order chi connectivity index (χ0) is 29.8. The molecule has 8 nitrogen and oxygen atoms in total. The van der Waals surface area contributed by atoms with Crippen LogP contribution in [0.2, 0.25) is 0 Å². The molecule has 1 heterocycles. The summed E-state index contributed by atoms with van der Waals surface area (Å²) in [5.74, 6) is -2.90. The largest absolute Gasteiger partial charge is 0.378 e. The van der Waals surface area contributed by atoms with Crippen molar-refractivity contribution in [1.82, 2.24) is 4.90 Å². The highest BCUT2D eigenvalue weighted by atomic mass is 19.1. The van der Waals surface area contributed by atoms with Gasteiger partial charge < -0.3 is 15.1 Å². The fourth-order valence-electron chi connectivity index (χ4n) is 5.53. The summed E-state index contributed by atoms with van der Waals surface area (Å²) in [5.41, 5.74) is 2.80. The lowest BCUT2D eigenvalue weighted by molar-refractivity contribution is -0.140. The van der Waals surface area contributed by atoms with Crippen molar-refractivity contribution in [2.45, 2.75) is 31.8 Å². The van der Waals surface area contributed by atoms with Gasteiger partial charge in [0.15, 0.2) is 0 Å². The lowest BCUT2D eigenvalue weighted by atomic mass is 9.85. The molecule has 2 atom stereocenters. The molecule has 0 saturated heterocycles. The van der Waals surface area contributed by atoms with Gasteiger partial charge >= 0.3 is 0 Å². The van der Waals surface area contributed by atoms with Crippen molar-refractivity contribution in [3.8, 4) is 0 Å². The smallest absolute Gasteiger partial charge is 0.299 e. The Morgan fingerprint density at radius 1 is 0.976 bits per heavy atom. The number of allylic oxidation sites excluding steroid dienone is 2. The first-order valence-corrected chi connectivity index (χ1v) is 14.0. The van der Waals surface area contributed by atoms with Crippen LogP contribution in [0.25, 0.3) is 0 Å². The number of fused-ring (bicyclic) bond motifs is 1. The molecular weight excluding hydrogens is 535 g/mol. The summed E-state index contributed by atoms with van der Waals surface area (Å²) < 4.78 is 13.7. The molecule has 0 unspecified atom stereocenters. The first kappa shape index (κ1) is 28.7. The molecule has 0 fully saturated rings. The molecule has 0 radical (unpaired) electrons. The van der Waals surface area contributed by atoms with Gasteiger partial charge in [-0.1, -0.05) is 36.4 Å². The average molecular weight is 569 g/mol. The minimum atomic E-state index is -0.885. The maximum absolute atomic E-state index is 14.1. The number of rotatable bonds is 9. The van der Waals surface area contributed by atoms with Gasteiger partial charge in [0.2, 0.25) is 11.8 Å². The third-order valence-corrected chi connectivity index (χ3v) is 7.77. The van der Waals surface area contributed by atoms with Gasteiger partial charge in [-0.2, -0.15) is 0 Å². The van der Waals surface area contributed by atoms with Crippen LogP contribution in [0.1, 0.15) is 35.2 Å². The summed E-state index contributed by atoms with van der Waals surface area (Å²) in [6.45, 7) is -0.388. The molecule has 1 aliphatic carbocycles. The van der Waals surface area contributed by atoms with Gasteiger partial charge in [0.1, 0.15) is 18.4 Å². The second kappa shape index (κ2) is 12.4. The number of hydrogen-bond donors (Lipinski definition) is 1. The SMILES string of the molecule is CN(C)c1ccc(NC(=O)[C@H]([C@H]2CC=CCC2)N(Cc2ccc(F)cc2)C(=O)CN2C(=O)C(=O)c3ccccc32)cc1. The van der Waals surface area contributed by atoms with Crippen molar-refractivity contribution in [2.24, 2.45) is 5.92 Å². The fourth-order valence-corrected chi connectivity index (χ4v) is 5.53. The second-order valence-electron chi connectivity index (χ2n) is 10.8. The summed E-state index contributed by atoms with van der Waals surface area (Å²) in [6.07, 6.45) is 6.11. The molecule has 0 saturated carbocycles. The van der Waals surface area contributed by atoms with Gasteiger partial charge in [-0.05, 0) is 79.3 Å². The number of anilines is 3. The Balaban J connectivity index is 1.49. The molecular formula is C33H33FN4O4. The molecule has 3 aromatic carbocycles. The number of benzene rings is 3. The highest BCUT2D eigenvalue weighted by molar-refractivity contribution is 6.52. The number of ketones is 1. The monoisotopic (exact) mass is 568 g/mol. The summed E-state index contributed by atoms with van der Waals surface area (Å²) >= 11 is 0. The van der Waals surface area contributed by atoms with Gasteiger partial charge in [0, 0.05) is 32.0 Å². The first-order valence-electron chi connectivity index (χ1n) is 14.0. The van der Waals surface area contributed by atoms with Crippen molar-refractivity contribution < 1.29 is 23.6 Å². The predicted molar refractivity (Wildman–Crippen MR) is 160 cm³/mol. The van der Waals surface area contributed by atoms with Gasteiger partial charge in [0.25, 0.3) is 11.7 Å². The number of amides is 3. The molecule has 2 aliphatic rings. The molecule has 1 aliphatic heterocycles. The number of halogens is 1. The topological polar surface area (TPSA) is 90.0 Å². The Hall–Kier alpha value is -4.79. The highest BCUT2D eigenvalue weighted by Crippen LogP contribution is 2.31. The van der Waals surface area contributed by atoms with Crippen molar-refractivity contribution in [2.75, 3.05) is 35.8 Å². The van der Waals surface area contributed by atoms with Crippen LogP contribution >= 0.6 is 0 Å². The van der Waals surface area contributed by atoms with Crippen molar-refractivity contribution in [3.63, 3.8) is 0 Å². The summed E-state index contributed by atoms with van der Waals surface area (Å²) in [7, 11) is 3.85. The van der Waals surface area contributed by atoms with Crippen LogP contribution in [0, 0.1) is 11.7 Å². The zero-order valence-corrected chi connectivity index (χ0v) is 23.6. The summed E-state index contributed by atoms with van der Waals surface area (Å²) in [4.78, 5) is 58.3. The average Bonchev–Trinajstić information content (AvgIpc) is 3.23. The number of carbonyl (C=O) groups is 4. The Morgan fingerprint density at radius 2 is 1.69 bits per heavy atom. The fraction of sp³-hybridized carbons (Fsp3) is 0.273. The Morgan fingerprint density at radius 3 is 2.36 bits per heavy atom. The molecule has 42 heavy (non-hydrogen) atoms. The Kier molecular flexibility index (Phi) is 8.47. The third-order valence-electron chi connectivity index (χ3n) is 7.77. The zero-order valence-electron chi connectivity index (χ0n) is 23.6. The van der Waals surface area contributed by atoms with E-state index in [4.69, 9.17) is 0 Å². The Bertz CT molecular complexity index is 1520. The van der Waals surface area contributed by atoms with E-state index in [0.29, 0.717) is 29.8 Å². The van der Waals surface area contributed by atoms with E-state index in [9.17, 15) is 23.6 Å². The second-order valence-corrected chi connectivity index (χ2v) is 10.8. The van der Waals surface area contributed by atoms with Gasteiger partial charge in [-0.3, -0.25) is 24.1 Å². The molecule has 0 bridgehead atoms. The maximum Gasteiger partial charge on any atom is 0.299 e. The molecule has 1 N–H and O–H groups in total. The van der Waals surface area contributed by atoms with E-state index < -0.39 is 36.0 Å². The number of para-hydroxylation sites is 1. The van der Waals surface area contributed by atoms with Crippen LogP contribution in [-0.2, 0) is 20.9 Å². The number of hydrogen-bond acceptors (Lipinski definition) is 5. The molecule has 5 rings (SSSR count). The molecule has 3 amide bonds. The lowest BCUT2D eigenvalue weighted by Crippen LogP contribution is -2.54. The van der Waals surface area contributed by atoms with Crippen molar-refractivity contribution >= 4 is 40.6 Å². The molecule has 9 heteroatoms. The summed E-state index contributed by atoms with van der Waals surface area (Å²) in [5, 5.41) is 2.99. The molecule has 0 aromatic heterocycles. The molecule has 3 aromatic rings.